The molecule has 12 heteroatoms. The van der Waals surface area contributed by atoms with Crippen LogP contribution in [-0.4, -0.2) is 39.3 Å². The van der Waals surface area contributed by atoms with Crippen molar-refractivity contribution in [1.82, 2.24) is 24.7 Å². The summed E-state index contributed by atoms with van der Waals surface area (Å²) in [5.41, 5.74) is 3.63. The van der Waals surface area contributed by atoms with Gasteiger partial charge in [0.2, 0.25) is 11.9 Å². The fourth-order valence-electron chi connectivity index (χ4n) is 4.03. The summed E-state index contributed by atoms with van der Waals surface area (Å²) in [6.07, 6.45) is 2.81. The molecule has 39 heavy (non-hydrogen) atoms. The van der Waals surface area contributed by atoms with Crippen LogP contribution in [0.1, 0.15) is 32.1 Å². The van der Waals surface area contributed by atoms with Gasteiger partial charge in [-0.25, -0.2) is 18.4 Å². The Morgan fingerprint density at radius 3 is 2.36 bits per heavy atom. The van der Waals surface area contributed by atoms with E-state index in [0.717, 1.165) is 22.5 Å². The van der Waals surface area contributed by atoms with Gasteiger partial charge < -0.3 is 25.0 Å². The van der Waals surface area contributed by atoms with Gasteiger partial charge in [-0.2, -0.15) is 4.98 Å². The quantitative estimate of drug-likeness (QED) is 0.237. The SMILES string of the molecule is Cc1ccc(Nc2nccc(Nc3ccc4c(c3)nc(Nc3cc(C(C)(C)C)on3)n4C)n2)cc1S(C)(=O)=O. The minimum Gasteiger partial charge on any atom is -0.359 e. The monoisotopic (exact) mass is 546 g/mol. The van der Waals surface area contributed by atoms with Crippen molar-refractivity contribution in [3.8, 4) is 0 Å². The molecule has 0 saturated carbocycles. The van der Waals surface area contributed by atoms with E-state index in [1.54, 1.807) is 37.4 Å². The second-order valence-electron chi connectivity index (χ2n) is 10.4. The number of hydrogen-bond acceptors (Lipinski definition) is 10. The van der Waals surface area contributed by atoms with E-state index >= 15 is 0 Å². The van der Waals surface area contributed by atoms with Gasteiger partial charge in [0.25, 0.3) is 0 Å². The van der Waals surface area contributed by atoms with Crippen molar-refractivity contribution < 1.29 is 12.9 Å². The molecule has 3 N–H and O–H groups in total. The Kier molecular flexibility index (Phi) is 6.51. The molecule has 0 aliphatic heterocycles. The first-order valence-corrected chi connectivity index (χ1v) is 14.1. The summed E-state index contributed by atoms with van der Waals surface area (Å²) in [5.74, 6) is 2.91. The highest BCUT2D eigenvalue weighted by molar-refractivity contribution is 7.90. The van der Waals surface area contributed by atoms with Crippen molar-refractivity contribution in [1.29, 1.82) is 0 Å². The lowest BCUT2D eigenvalue weighted by molar-refractivity contribution is 0.331. The Balaban J connectivity index is 1.34. The van der Waals surface area contributed by atoms with Gasteiger partial charge in [-0.15, -0.1) is 0 Å². The predicted octanol–water partition coefficient (Wildman–Crippen LogP) is 5.59. The summed E-state index contributed by atoms with van der Waals surface area (Å²) in [5, 5.41) is 13.7. The molecule has 5 aromatic rings. The van der Waals surface area contributed by atoms with Crippen LogP contribution in [0.15, 0.2) is 64.1 Å². The number of aryl methyl sites for hydroxylation is 2. The molecule has 3 heterocycles. The summed E-state index contributed by atoms with van der Waals surface area (Å²) >= 11 is 0. The number of anilines is 6. The Morgan fingerprint density at radius 2 is 1.64 bits per heavy atom. The highest BCUT2D eigenvalue weighted by Crippen LogP contribution is 2.29. The third-order valence-corrected chi connectivity index (χ3v) is 7.38. The minimum atomic E-state index is -3.35. The molecule has 0 atom stereocenters. The molecule has 0 aliphatic rings. The molecular weight excluding hydrogens is 516 g/mol. The molecule has 0 unspecified atom stereocenters. The molecule has 5 rings (SSSR count). The van der Waals surface area contributed by atoms with Gasteiger partial charge in [0, 0.05) is 42.4 Å². The molecule has 0 saturated heterocycles. The normalized spacial score (nSPS) is 12.1. The third kappa shape index (κ3) is 5.70. The second kappa shape index (κ2) is 9.70. The van der Waals surface area contributed by atoms with Gasteiger partial charge in [0.1, 0.15) is 11.6 Å². The van der Waals surface area contributed by atoms with Crippen LogP contribution in [-0.2, 0) is 22.3 Å². The van der Waals surface area contributed by atoms with Gasteiger partial charge in [0.05, 0.1) is 15.9 Å². The molecule has 0 spiro atoms. The lowest BCUT2D eigenvalue weighted by Gasteiger charge is -2.12. The van der Waals surface area contributed by atoms with E-state index in [9.17, 15) is 8.42 Å². The highest BCUT2D eigenvalue weighted by Gasteiger charge is 2.20. The average molecular weight is 547 g/mol. The van der Waals surface area contributed by atoms with Crippen molar-refractivity contribution in [2.45, 2.75) is 38.0 Å². The molecular formula is C27H30N8O3S. The molecule has 0 radical (unpaired) electrons. The van der Waals surface area contributed by atoms with Crippen molar-refractivity contribution in [2.75, 3.05) is 22.2 Å². The van der Waals surface area contributed by atoms with Crippen LogP contribution >= 0.6 is 0 Å². The van der Waals surface area contributed by atoms with E-state index in [1.807, 2.05) is 35.9 Å². The zero-order valence-electron chi connectivity index (χ0n) is 22.6. The van der Waals surface area contributed by atoms with E-state index in [1.165, 1.54) is 6.26 Å². The molecule has 202 valence electrons. The molecule has 0 aliphatic carbocycles. The maximum atomic E-state index is 12.1. The van der Waals surface area contributed by atoms with Crippen LogP contribution in [0.4, 0.5) is 34.9 Å². The van der Waals surface area contributed by atoms with Crippen LogP contribution in [0.2, 0.25) is 0 Å². The molecule has 11 nitrogen and oxygen atoms in total. The number of nitrogens with one attached hydrogen (secondary N) is 3. The maximum Gasteiger partial charge on any atom is 0.229 e. The first-order valence-electron chi connectivity index (χ1n) is 12.3. The zero-order chi connectivity index (χ0) is 27.9. The molecule has 3 aromatic heterocycles. The van der Waals surface area contributed by atoms with Gasteiger partial charge in [-0.05, 0) is 48.9 Å². The maximum absolute atomic E-state index is 12.1. The molecule has 0 amide bonds. The topological polar surface area (TPSA) is 140 Å². The Morgan fingerprint density at radius 1 is 0.897 bits per heavy atom. The third-order valence-electron chi connectivity index (χ3n) is 6.14. The van der Waals surface area contributed by atoms with Crippen LogP contribution in [0.3, 0.4) is 0 Å². The number of nitrogens with zero attached hydrogens (tertiary/aromatic N) is 5. The number of hydrogen-bond donors (Lipinski definition) is 3. The summed E-state index contributed by atoms with van der Waals surface area (Å²) < 4.78 is 31.6. The first-order chi connectivity index (χ1) is 18.4. The molecule has 0 bridgehead atoms. The zero-order valence-corrected chi connectivity index (χ0v) is 23.4. The number of aromatic nitrogens is 5. The van der Waals surface area contributed by atoms with Crippen LogP contribution in [0.5, 0.6) is 0 Å². The second-order valence-corrected chi connectivity index (χ2v) is 12.4. The van der Waals surface area contributed by atoms with Crippen molar-refractivity contribution in [2.24, 2.45) is 7.05 Å². The summed E-state index contributed by atoms with van der Waals surface area (Å²) in [6.45, 7) is 7.95. The fraction of sp³-hybridized carbons (Fsp3) is 0.259. The van der Waals surface area contributed by atoms with E-state index < -0.39 is 9.84 Å². The van der Waals surface area contributed by atoms with Gasteiger partial charge in [-0.3, -0.25) is 0 Å². The first kappa shape index (κ1) is 26.2. The lowest BCUT2D eigenvalue weighted by atomic mass is 9.93. The van der Waals surface area contributed by atoms with E-state index in [0.29, 0.717) is 34.8 Å². The summed E-state index contributed by atoms with van der Waals surface area (Å²) in [4.78, 5) is 13.8. The summed E-state index contributed by atoms with van der Waals surface area (Å²) in [6, 6.07) is 14.6. The standard InChI is InChI=1S/C27H30N8O3S/c1-16-7-8-18(14-21(16)39(6,36)37)30-25-28-12-11-23(32-25)29-17-9-10-20-19(13-17)31-26(35(20)5)33-24-15-22(38-34-24)27(2,3)4/h7-15H,1-6H3,(H,31,33,34)(H2,28,29,30,32). The largest absolute Gasteiger partial charge is 0.359 e. The lowest BCUT2D eigenvalue weighted by Crippen LogP contribution is -2.09. The molecule has 0 fully saturated rings. The Labute approximate surface area is 226 Å². The Hall–Kier alpha value is -4.45. The van der Waals surface area contributed by atoms with Gasteiger partial charge in [0.15, 0.2) is 15.7 Å². The van der Waals surface area contributed by atoms with Gasteiger partial charge >= 0.3 is 0 Å². The van der Waals surface area contributed by atoms with Gasteiger partial charge in [-0.1, -0.05) is 32.0 Å². The smallest absolute Gasteiger partial charge is 0.229 e. The van der Waals surface area contributed by atoms with E-state index in [2.05, 4.69) is 51.8 Å². The van der Waals surface area contributed by atoms with Crippen molar-refractivity contribution >= 4 is 55.8 Å². The highest BCUT2D eigenvalue weighted by atomic mass is 32.2. The number of fused-ring (bicyclic) bond motifs is 1. The predicted molar refractivity (Wildman–Crippen MR) is 152 cm³/mol. The van der Waals surface area contributed by atoms with Crippen molar-refractivity contribution in [3.63, 3.8) is 0 Å². The van der Waals surface area contributed by atoms with E-state index in [4.69, 9.17) is 9.51 Å². The van der Waals surface area contributed by atoms with Crippen LogP contribution in [0, 0.1) is 6.92 Å². The number of rotatable bonds is 7. The van der Waals surface area contributed by atoms with Crippen LogP contribution < -0.4 is 16.0 Å². The number of sulfone groups is 1. The Bertz CT molecular complexity index is 1780. The summed E-state index contributed by atoms with van der Waals surface area (Å²) in [7, 11) is -1.42. The van der Waals surface area contributed by atoms with Crippen molar-refractivity contribution in [3.05, 3.63) is 66.1 Å². The fourth-order valence-corrected chi connectivity index (χ4v) is 5.03. The average Bonchev–Trinajstić information content (AvgIpc) is 3.45. The molecule has 2 aromatic carbocycles. The van der Waals surface area contributed by atoms with E-state index in [-0.39, 0.29) is 10.3 Å². The minimum absolute atomic E-state index is 0.143. The number of benzene rings is 2. The number of imidazole rings is 1. The van der Waals surface area contributed by atoms with Crippen LogP contribution in [0.25, 0.3) is 11.0 Å².